The van der Waals surface area contributed by atoms with Gasteiger partial charge in [-0.1, -0.05) is 23.7 Å². The number of ether oxygens (including phenoxy) is 1. The summed E-state index contributed by atoms with van der Waals surface area (Å²) in [4.78, 5) is 0. The second-order valence-corrected chi connectivity index (χ2v) is 6.64. The van der Waals surface area contributed by atoms with Crippen LogP contribution in [0.4, 0.5) is 4.39 Å². The molecule has 124 valence electrons. The van der Waals surface area contributed by atoms with Crippen molar-refractivity contribution in [3.63, 3.8) is 0 Å². The Morgan fingerprint density at radius 3 is 2.71 bits per heavy atom. The molecule has 24 heavy (non-hydrogen) atoms. The Labute approximate surface area is 144 Å². The fourth-order valence-electron chi connectivity index (χ4n) is 2.76. The summed E-state index contributed by atoms with van der Waals surface area (Å²) in [6.45, 7) is 1.90. The van der Waals surface area contributed by atoms with Crippen LogP contribution < -0.4 is 4.74 Å². The van der Waals surface area contributed by atoms with Gasteiger partial charge in [0.25, 0.3) is 0 Å². The molecule has 1 unspecified atom stereocenters. The number of nitrogens with zero attached hydrogens (tertiary/aromatic N) is 3. The predicted molar refractivity (Wildman–Crippen MR) is 89.9 cm³/mol. The minimum absolute atomic E-state index is 0.251. The van der Waals surface area contributed by atoms with Crippen LogP contribution >= 0.6 is 11.6 Å². The summed E-state index contributed by atoms with van der Waals surface area (Å²) in [5.41, 5.74) is 1.49. The zero-order chi connectivity index (χ0) is 16.7. The second-order valence-electron chi connectivity index (χ2n) is 6.26. The molecule has 3 aromatic rings. The maximum absolute atomic E-state index is 13.0. The highest BCUT2D eigenvalue weighted by Gasteiger charge is 2.24. The van der Waals surface area contributed by atoms with E-state index >= 15 is 0 Å². The molecule has 4 rings (SSSR count). The topological polar surface area (TPSA) is 39.4 Å². The number of pyridine rings is 1. The summed E-state index contributed by atoms with van der Waals surface area (Å²) in [7, 11) is 0. The second kappa shape index (κ2) is 6.06. The number of hydrogen-bond acceptors (Lipinski definition) is 3. The summed E-state index contributed by atoms with van der Waals surface area (Å²) in [6, 6.07) is 8.08. The fourth-order valence-corrected chi connectivity index (χ4v) is 2.99. The van der Waals surface area contributed by atoms with Crippen molar-refractivity contribution in [3.8, 4) is 5.75 Å². The Hall–Kier alpha value is -2.14. The highest BCUT2D eigenvalue weighted by Crippen LogP contribution is 2.35. The zero-order valence-electron chi connectivity index (χ0n) is 13.2. The van der Waals surface area contributed by atoms with Crippen LogP contribution in [0.1, 0.15) is 37.3 Å². The van der Waals surface area contributed by atoms with Crippen LogP contribution in [0.2, 0.25) is 5.02 Å². The van der Waals surface area contributed by atoms with E-state index in [0.717, 1.165) is 23.7 Å². The van der Waals surface area contributed by atoms with E-state index in [1.54, 1.807) is 12.1 Å². The molecule has 1 atom stereocenters. The third-order valence-corrected chi connectivity index (χ3v) is 4.72. The van der Waals surface area contributed by atoms with E-state index in [1.165, 1.54) is 25.0 Å². The fraction of sp³-hybridized carbons (Fsp3) is 0.333. The number of rotatable bonds is 5. The molecular formula is C18H17ClFN3O. The van der Waals surface area contributed by atoms with Crippen molar-refractivity contribution >= 4 is 17.2 Å². The van der Waals surface area contributed by atoms with Gasteiger partial charge in [-0.15, -0.1) is 10.2 Å². The van der Waals surface area contributed by atoms with Crippen LogP contribution in [-0.2, 0) is 6.42 Å². The van der Waals surface area contributed by atoms with Gasteiger partial charge in [0.1, 0.15) is 28.5 Å². The normalized spacial score (nSPS) is 15.6. The van der Waals surface area contributed by atoms with Crippen LogP contribution in [0.15, 0.2) is 36.5 Å². The summed E-state index contributed by atoms with van der Waals surface area (Å²) in [5.74, 6) is 1.95. The molecule has 0 bridgehead atoms. The average Bonchev–Trinajstić information content (AvgIpc) is 3.30. The van der Waals surface area contributed by atoms with Crippen LogP contribution in [0.25, 0.3) is 5.65 Å². The molecule has 1 fully saturated rings. The lowest BCUT2D eigenvalue weighted by molar-refractivity contribution is 0.227. The molecule has 1 aromatic carbocycles. The van der Waals surface area contributed by atoms with Gasteiger partial charge >= 0.3 is 0 Å². The number of fused-ring (bicyclic) bond motifs is 1. The van der Waals surface area contributed by atoms with Gasteiger partial charge in [0, 0.05) is 12.6 Å². The monoisotopic (exact) mass is 345 g/mol. The van der Waals surface area contributed by atoms with Crippen molar-refractivity contribution in [3.05, 3.63) is 58.8 Å². The zero-order valence-corrected chi connectivity index (χ0v) is 14.0. The largest absolute Gasteiger partial charge is 0.484 e. The van der Waals surface area contributed by atoms with Gasteiger partial charge in [-0.2, -0.15) is 0 Å². The Balaban J connectivity index is 1.59. The van der Waals surface area contributed by atoms with Crippen molar-refractivity contribution in [1.29, 1.82) is 0 Å². The third kappa shape index (κ3) is 2.96. The lowest BCUT2D eigenvalue weighted by Crippen LogP contribution is -2.04. The van der Waals surface area contributed by atoms with Gasteiger partial charge in [-0.25, -0.2) is 4.39 Å². The molecule has 0 aliphatic heterocycles. The molecule has 2 aromatic heterocycles. The maximum Gasteiger partial charge on any atom is 0.183 e. The molecule has 0 amide bonds. The molecule has 0 radical (unpaired) electrons. The van der Waals surface area contributed by atoms with Crippen LogP contribution in [0.5, 0.6) is 5.75 Å². The summed E-state index contributed by atoms with van der Waals surface area (Å²) in [6.07, 6.45) is 5.10. The maximum atomic E-state index is 13.0. The van der Waals surface area contributed by atoms with Crippen molar-refractivity contribution < 1.29 is 9.13 Å². The number of halogens is 2. The first kappa shape index (κ1) is 15.4. The smallest absolute Gasteiger partial charge is 0.183 e. The van der Waals surface area contributed by atoms with E-state index in [1.807, 2.05) is 23.6 Å². The van der Waals surface area contributed by atoms with Crippen molar-refractivity contribution in [1.82, 2.24) is 14.6 Å². The SMILES string of the molecule is CC(Oc1ccn2c(CC3CC3)nnc2c1Cl)c1ccc(F)cc1. The molecule has 0 saturated heterocycles. The molecule has 0 spiro atoms. The van der Waals surface area contributed by atoms with Gasteiger partial charge in [0.2, 0.25) is 0 Å². The Morgan fingerprint density at radius 2 is 2.00 bits per heavy atom. The van der Waals surface area contributed by atoms with Gasteiger partial charge < -0.3 is 4.74 Å². The number of benzene rings is 1. The predicted octanol–water partition coefficient (Wildman–Crippen LogP) is 4.61. The molecule has 2 heterocycles. The summed E-state index contributed by atoms with van der Waals surface area (Å²) in [5, 5.41) is 8.90. The molecule has 0 N–H and O–H groups in total. The highest BCUT2D eigenvalue weighted by molar-refractivity contribution is 6.34. The van der Waals surface area contributed by atoms with Gasteiger partial charge in [-0.05, 0) is 49.4 Å². The lowest BCUT2D eigenvalue weighted by Gasteiger charge is -2.16. The summed E-state index contributed by atoms with van der Waals surface area (Å²) < 4.78 is 20.9. The number of hydrogen-bond donors (Lipinski definition) is 0. The Bertz CT molecular complexity index is 874. The van der Waals surface area contributed by atoms with Crippen molar-refractivity contribution in [2.45, 2.75) is 32.3 Å². The lowest BCUT2D eigenvalue weighted by atomic mass is 10.1. The molecular weight excluding hydrogens is 329 g/mol. The third-order valence-electron chi connectivity index (χ3n) is 4.37. The average molecular weight is 346 g/mol. The molecule has 1 saturated carbocycles. The minimum atomic E-state index is -0.267. The number of aromatic nitrogens is 3. The van der Waals surface area contributed by atoms with E-state index < -0.39 is 0 Å². The molecule has 1 aliphatic rings. The van der Waals surface area contributed by atoms with E-state index in [0.29, 0.717) is 16.4 Å². The van der Waals surface area contributed by atoms with E-state index in [2.05, 4.69) is 10.2 Å². The first-order valence-corrected chi connectivity index (χ1v) is 8.44. The first-order valence-electron chi connectivity index (χ1n) is 8.06. The molecule has 4 nitrogen and oxygen atoms in total. The van der Waals surface area contributed by atoms with Crippen molar-refractivity contribution in [2.75, 3.05) is 0 Å². The van der Waals surface area contributed by atoms with E-state index in [-0.39, 0.29) is 11.9 Å². The van der Waals surface area contributed by atoms with E-state index in [9.17, 15) is 4.39 Å². The van der Waals surface area contributed by atoms with Gasteiger partial charge in [0.15, 0.2) is 5.65 Å². The van der Waals surface area contributed by atoms with Crippen molar-refractivity contribution in [2.24, 2.45) is 5.92 Å². The molecule has 6 heteroatoms. The highest BCUT2D eigenvalue weighted by atomic mass is 35.5. The Kier molecular flexibility index (Phi) is 3.88. The Morgan fingerprint density at radius 1 is 1.25 bits per heavy atom. The first-order chi connectivity index (χ1) is 11.6. The van der Waals surface area contributed by atoms with Gasteiger partial charge in [0.05, 0.1) is 0 Å². The quantitative estimate of drug-likeness (QED) is 0.677. The standard InChI is InChI=1S/C18H17ClFN3O/c1-11(13-4-6-14(20)7-5-13)24-15-8-9-23-16(10-12-2-3-12)21-22-18(23)17(15)19/h4-9,11-12H,2-3,10H2,1H3. The minimum Gasteiger partial charge on any atom is -0.484 e. The molecule has 1 aliphatic carbocycles. The summed E-state index contributed by atoms with van der Waals surface area (Å²) >= 11 is 6.46. The van der Waals surface area contributed by atoms with Gasteiger partial charge in [-0.3, -0.25) is 4.40 Å². The van der Waals surface area contributed by atoms with Crippen LogP contribution in [0, 0.1) is 11.7 Å². The van der Waals surface area contributed by atoms with Crippen LogP contribution in [0.3, 0.4) is 0 Å². The van der Waals surface area contributed by atoms with E-state index in [4.69, 9.17) is 16.3 Å². The van der Waals surface area contributed by atoms with Crippen LogP contribution in [-0.4, -0.2) is 14.6 Å².